The fraction of sp³-hybridized carbons (Fsp3) is 0.938. The van der Waals surface area contributed by atoms with Crippen molar-refractivity contribution in [3.05, 3.63) is 0 Å². The Kier molecular flexibility index (Phi) is 10.3. The van der Waals surface area contributed by atoms with Gasteiger partial charge in [-0.25, -0.2) is 0 Å². The lowest BCUT2D eigenvalue weighted by atomic mass is 10.1. The maximum atomic E-state index is 6.46. The minimum absolute atomic E-state index is 0.210. The van der Waals surface area contributed by atoms with Crippen molar-refractivity contribution in [3.8, 4) is 0 Å². The van der Waals surface area contributed by atoms with Gasteiger partial charge in [-0.1, -0.05) is 5.16 Å². The van der Waals surface area contributed by atoms with E-state index in [0.29, 0.717) is 6.61 Å². The Morgan fingerprint density at radius 2 is 1.32 bits per heavy atom. The summed E-state index contributed by atoms with van der Waals surface area (Å²) in [5.41, 5.74) is 0. The number of rotatable bonds is 12. The molecule has 0 heterocycles. The molecule has 0 aromatic rings. The minimum Gasteiger partial charge on any atom is -0.415 e. The van der Waals surface area contributed by atoms with Crippen molar-refractivity contribution < 1.29 is 22.9 Å². The van der Waals surface area contributed by atoms with Gasteiger partial charge in [0.25, 0.3) is 0 Å². The van der Waals surface area contributed by atoms with Crippen LogP contribution < -0.4 is 0 Å². The lowest BCUT2D eigenvalue weighted by Gasteiger charge is -2.39. The summed E-state index contributed by atoms with van der Waals surface area (Å²) in [5.74, 6) is 0. The third-order valence-electron chi connectivity index (χ3n) is 2.95. The molecule has 150 valence electrons. The number of hydrogen-bond donors (Lipinski definition) is 0. The van der Waals surface area contributed by atoms with Gasteiger partial charge in [0, 0.05) is 7.11 Å². The van der Waals surface area contributed by atoms with E-state index in [0.717, 1.165) is 0 Å². The van der Waals surface area contributed by atoms with Crippen LogP contribution in [0.25, 0.3) is 0 Å². The Morgan fingerprint density at radius 1 is 0.800 bits per heavy atom. The van der Waals surface area contributed by atoms with Gasteiger partial charge in [-0.05, 0) is 58.9 Å². The van der Waals surface area contributed by atoms with Crippen LogP contribution in [-0.4, -0.2) is 70.3 Å². The van der Waals surface area contributed by atoms with Gasteiger partial charge in [-0.3, -0.25) is 0 Å². The molecule has 0 aromatic heterocycles. The van der Waals surface area contributed by atoms with Crippen LogP contribution in [0, 0.1) is 0 Å². The van der Waals surface area contributed by atoms with Crippen molar-refractivity contribution >= 4 is 31.2 Å². The molecule has 3 atom stereocenters. The minimum atomic E-state index is -1.84. The van der Waals surface area contributed by atoms with E-state index in [1.807, 2.05) is 0 Å². The number of hydrogen-bond acceptors (Lipinski definition) is 6. The zero-order valence-electron chi connectivity index (χ0n) is 18.0. The molecule has 25 heavy (non-hydrogen) atoms. The third-order valence-corrected chi connectivity index (χ3v) is 5.97. The van der Waals surface area contributed by atoms with Crippen LogP contribution in [0.1, 0.15) is 0 Å². The van der Waals surface area contributed by atoms with E-state index in [1.165, 1.54) is 7.11 Å². The van der Waals surface area contributed by atoms with Crippen molar-refractivity contribution in [2.75, 3.05) is 20.8 Å². The van der Waals surface area contributed by atoms with Crippen molar-refractivity contribution in [1.82, 2.24) is 0 Å². The fourth-order valence-electron chi connectivity index (χ4n) is 2.15. The molecule has 6 nitrogen and oxygen atoms in total. The highest BCUT2D eigenvalue weighted by molar-refractivity contribution is 6.70. The molecule has 0 saturated carbocycles. The smallest absolute Gasteiger partial charge is 0.184 e. The van der Waals surface area contributed by atoms with E-state index in [4.69, 9.17) is 22.9 Å². The van der Waals surface area contributed by atoms with Gasteiger partial charge in [-0.15, -0.1) is 0 Å². The summed E-state index contributed by atoms with van der Waals surface area (Å²) >= 11 is 0. The predicted octanol–water partition coefficient (Wildman–Crippen LogP) is 3.93. The summed E-state index contributed by atoms with van der Waals surface area (Å²) in [5, 5.41) is 3.89. The first-order valence-electron chi connectivity index (χ1n) is 8.77. The third kappa shape index (κ3) is 12.9. The summed E-state index contributed by atoms with van der Waals surface area (Å²) in [6.07, 6.45) is 0.773. The molecule has 0 unspecified atom stereocenters. The Labute approximate surface area is 157 Å². The van der Waals surface area contributed by atoms with Crippen LogP contribution in [0.3, 0.4) is 0 Å². The van der Waals surface area contributed by atoms with Gasteiger partial charge < -0.3 is 22.9 Å². The monoisotopic (exact) mass is 409 g/mol. The summed E-state index contributed by atoms with van der Waals surface area (Å²) < 4.78 is 24.7. The first kappa shape index (κ1) is 25.0. The van der Waals surface area contributed by atoms with Crippen molar-refractivity contribution in [2.24, 2.45) is 5.16 Å². The SMILES string of the molecule is CO/N=C/[C@H](OC)[C@H](O[Si](C)(C)C)[C@@H](CO[Si](C)(C)C)O[Si](C)(C)C. The molecule has 9 heteroatoms. The summed E-state index contributed by atoms with van der Waals surface area (Å²) in [6, 6.07) is 0. The van der Waals surface area contributed by atoms with Crippen molar-refractivity contribution in [3.63, 3.8) is 0 Å². The van der Waals surface area contributed by atoms with E-state index < -0.39 is 25.0 Å². The maximum Gasteiger partial charge on any atom is 0.184 e. The molecular formula is C16H39NO5Si3. The van der Waals surface area contributed by atoms with Crippen LogP contribution >= 0.6 is 0 Å². The maximum absolute atomic E-state index is 6.46. The average Bonchev–Trinajstić information content (AvgIpc) is 2.39. The zero-order valence-corrected chi connectivity index (χ0v) is 21.0. The molecule has 0 bridgehead atoms. The first-order chi connectivity index (χ1) is 11.2. The van der Waals surface area contributed by atoms with Crippen molar-refractivity contribution in [2.45, 2.75) is 77.2 Å². The zero-order chi connectivity index (χ0) is 19.9. The Balaban J connectivity index is 5.63. The van der Waals surface area contributed by atoms with Gasteiger partial charge in [0.2, 0.25) is 0 Å². The molecule has 0 fully saturated rings. The molecule has 0 aliphatic heterocycles. The van der Waals surface area contributed by atoms with Gasteiger partial charge in [-0.2, -0.15) is 0 Å². The fourth-order valence-corrected chi connectivity index (χ4v) is 5.02. The first-order valence-corrected chi connectivity index (χ1v) is 19.0. The van der Waals surface area contributed by atoms with Crippen LogP contribution in [0.5, 0.6) is 0 Å². The second-order valence-electron chi connectivity index (χ2n) is 9.02. The molecule has 0 N–H and O–H groups in total. The molecule has 0 aliphatic carbocycles. The molecule has 0 radical (unpaired) electrons. The van der Waals surface area contributed by atoms with Gasteiger partial charge in [0.1, 0.15) is 19.3 Å². The van der Waals surface area contributed by atoms with Crippen LogP contribution in [0.2, 0.25) is 58.9 Å². The summed E-state index contributed by atoms with van der Waals surface area (Å²) in [6.45, 7) is 20.0. The molecule has 0 spiro atoms. The highest BCUT2D eigenvalue weighted by Gasteiger charge is 2.38. The van der Waals surface area contributed by atoms with Crippen LogP contribution in [0.15, 0.2) is 5.16 Å². The second-order valence-corrected chi connectivity index (χ2v) is 22.5. The van der Waals surface area contributed by atoms with Gasteiger partial charge in [0.15, 0.2) is 25.0 Å². The van der Waals surface area contributed by atoms with Crippen molar-refractivity contribution in [1.29, 1.82) is 0 Å². The van der Waals surface area contributed by atoms with E-state index in [1.54, 1.807) is 13.3 Å². The summed E-state index contributed by atoms with van der Waals surface area (Å²) in [4.78, 5) is 4.84. The average molecular weight is 410 g/mol. The Morgan fingerprint density at radius 3 is 1.68 bits per heavy atom. The number of oxime groups is 1. The molecule has 0 rings (SSSR count). The van der Waals surface area contributed by atoms with E-state index in [9.17, 15) is 0 Å². The summed E-state index contributed by atoms with van der Waals surface area (Å²) in [7, 11) is -2.16. The van der Waals surface area contributed by atoms with E-state index >= 15 is 0 Å². The Hall–Kier alpha value is -0.0394. The number of methoxy groups -OCH3 is 1. The van der Waals surface area contributed by atoms with Crippen LogP contribution in [0.4, 0.5) is 0 Å². The van der Waals surface area contributed by atoms with E-state index in [2.05, 4.69) is 64.1 Å². The normalized spacial score (nSPS) is 17.6. The molecule has 0 amide bonds. The van der Waals surface area contributed by atoms with E-state index in [-0.39, 0.29) is 18.3 Å². The molecular weight excluding hydrogens is 370 g/mol. The van der Waals surface area contributed by atoms with Crippen LogP contribution in [-0.2, 0) is 22.9 Å². The quantitative estimate of drug-likeness (QED) is 0.278. The lowest BCUT2D eigenvalue weighted by Crippen LogP contribution is -2.53. The largest absolute Gasteiger partial charge is 0.415 e. The highest BCUT2D eigenvalue weighted by Crippen LogP contribution is 2.22. The number of nitrogens with zero attached hydrogens (tertiary/aromatic N) is 1. The lowest BCUT2D eigenvalue weighted by molar-refractivity contribution is -0.0460. The number of ether oxygens (including phenoxy) is 1. The molecule has 0 saturated heterocycles. The second kappa shape index (κ2) is 10.3. The van der Waals surface area contributed by atoms with Gasteiger partial charge in [0.05, 0.1) is 18.9 Å². The molecule has 0 aromatic carbocycles. The highest BCUT2D eigenvalue weighted by atomic mass is 28.4. The molecule has 0 aliphatic rings. The predicted molar refractivity (Wildman–Crippen MR) is 112 cm³/mol. The van der Waals surface area contributed by atoms with Gasteiger partial charge >= 0.3 is 0 Å². The Bertz CT molecular complexity index is 402. The standard InChI is InChI=1S/C16H39NO5Si3/c1-18-14(12-17-19-2)16(22-25(9,10)11)15(21-24(6,7)8)13-20-23(3,4)5/h12,14-16H,13H2,1-11H3/b17-12+/t14-,15+,16-/m0/s1. The topological polar surface area (TPSA) is 58.5 Å².